The Morgan fingerprint density at radius 3 is 2.49 bits per heavy atom. The molecule has 4 aromatic rings. The predicted octanol–water partition coefficient (Wildman–Crippen LogP) is 3.20. The van der Waals surface area contributed by atoms with E-state index < -0.39 is 9.73 Å². The quantitative estimate of drug-likeness (QED) is 0.421. The highest BCUT2D eigenvalue weighted by Crippen LogP contribution is 2.23. The molecule has 3 aromatic heterocycles. The molecule has 1 aliphatic heterocycles. The van der Waals surface area contributed by atoms with Crippen molar-refractivity contribution in [2.24, 2.45) is 4.36 Å². The van der Waals surface area contributed by atoms with E-state index in [9.17, 15) is 9.00 Å². The minimum atomic E-state index is -2.34. The average Bonchev–Trinajstić information content (AvgIpc) is 3.31. The van der Waals surface area contributed by atoms with Gasteiger partial charge in [0.1, 0.15) is 0 Å². The first-order chi connectivity index (χ1) is 17.8. The number of carbonyl (C=O) groups is 1. The lowest BCUT2D eigenvalue weighted by molar-refractivity contribution is 0.121. The highest BCUT2D eigenvalue weighted by Gasteiger charge is 2.21. The maximum atomic E-state index is 12.1. The molecule has 1 saturated heterocycles. The van der Waals surface area contributed by atoms with Crippen molar-refractivity contribution in [3.8, 4) is 5.82 Å². The molecule has 0 unspecified atom stereocenters. The Labute approximate surface area is 214 Å². The summed E-state index contributed by atoms with van der Waals surface area (Å²) in [5.41, 5.74) is 2.49. The summed E-state index contributed by atoms with van der Waals surface area (Å²) >= 11 is 0. The molecule has 1 aromatic carbocycles. The van der Waals surface area contributed by atoms with E-state index in [1.807, 2.05) is 24.3 Å². The van der Waals surface area contributed by atoms with Crippen LogP contribution in [0.3, 0.4) is 0 Å². The normalized spacial score (nSPS) is 14.0. The van der Waals surface area contributed by atoms with Crippen molar-refractivity contribution in [2.75, 3.05) is 56.0 Å². The zero-order chi connectivity index (χ0) is 26.0. The van der Waals surface area contributed by atoms with E-state index in [2.05, 4.69) is 34.6 Å². The fourth-order valence-electron chi connectivity index (χ4n) is 4.01. The lowest BCUT2D eigenvalue weighted by Crippen LogP contribution is -2.48. The van der Waals surface area contributed by atoms with Gasteiger partial charge in [0.05, 0.1) is 18.7 Å². The van der Waals surface area contributed by atoms with Gasteiger partial charge in [-0.05, 0) is 36.4 Å². The molecule has 0 radical (unpaired) electrons. The number of nitrogens with one attached hydrogen (secondary N) is 1. The van der Waals surface area contributed by atoms with Crippen LogP contribution >= 0.6 is 0 Å². The number of nitrogens with zero attached hydrogens (tertiary/aromatic N) is 8. The van der Waals surface area contributed by atoms with Crippen molar-refractivity contribution in [3.63, 3.8) is 0 Å². The van der Waals surface area contributed by atoms with Crippen LogP contribution in [0.25, 0.3) is 16.9 Å². The first-order valence-electron chi connectivity index (χ1n) is 11.6. The number of anilines is 3. The van der Waals surface area contributed by atoms with E-state index in [1.165, 1.54) is 7.11 Å². The van der Waals surface area contributed by atoms with Crippen LogP contribution in [0.15, 0.2) is 59.2 Å². The third-order valence-corrected chi connectivity index (χ3v) is 6.39. The molecule has 192 valence electrons. The van der Waals surface area contributed by atoms with E-state index in [4.69, 9.17) is 4.74 Å². The topological polar surface area (TPSA) is 131 Å². The summed E-state index contributed by atoms with van der Waals surface area (Å²) in [4.78, 5) is 29.2. The summed E-state index contributed by atoms with van der Waals surface area (Å²) < 4.78 is 22.6. The molecule has 12 nitrogen and oxygen atoms in total. The molecular formula is C24H27N9O3S. The highest BCUT2D eigenvalue weighted by atomic mass is 32.2. The zero-order valence-electron chi connectivity index (χ0n) is 20.7. The molecule has 5 rings (SSSR count). The molecule has 0 saturated carbocycles. The largest absolute Gasteiger partial charge is 0.453 e. The van der Waals surface area contributed by atoms with Gasteiger partial charge in [0.2, 0.25) is 5.95 Å². The summed E-state index contributed by atoms with van der Waals surface area (Å²) in [7, 11) is -0.939. The molecule has 0 spiro atoms. The number of methoxy groups -OCH3 is 1. The summed E-state index contributed by atoms with van der Waals surface area (Å²) in [6.45, 7) is 2.72. The van der Waals surface area contributed by atoms with Crippen molar-refractivity contribution >= 4 is 50.0 Å². The molecular weight excluding hydrogens is 494 g/mol. The Bertz CT molecular complexity index is 1550. The Balaban J connectivity index is 1.32. The van der Waals surface area contributed by atoms with Crippen LogP contribution in [-0.2, 0) is 14.5 Å². The number of ether oxygens (including phenoxy) is 1. The minimum absolute atomic E-state index is 0.289. The Kier molecular flexibility index (Phi) is 6.61. The van der Waals surface area contributed by atoms with Gasteiger partial charge >= 0.3 is 6.09 Å². The number of piperazine rings is 1. The molecule has 0 aliphatic carbocycles. The molecule has 1 N–H and O–H groups in total. The Morgan fingerprint density at radius 1 is 1.03 bits per heavy atom. The number of carbonyl (C=O) groups excluding carboxylic acids is 1. The molecule has 0 bridgehead atoms. The van der Waals surface area contributed by atoms with Gasteiger partial charge in [-0.25, -0.2) is 19.0 Å². The standard InChI is InChI=1S/C24H27N9O3S/c1-36-24(34)32-13-11-31(12-14-32)19-9-7-18(8-10-19)27-23-25-15-17-16-26-33(22(17)29-23)21-6-4-5-20(28-21)30-37(2,3)35/h4-10,15-16H,11-14H2,1-3H3,(H,25,27,29). The SMILES string of the molecule is COC(=O)N1CCN(c2ccc(Nc3ncc4cnn(-c5cccc(N=S(C)(C)=O)n5)c4n3)cc2)CC1. The van der Waals surface area contributed by atoms with Crippen LogP contribution in [0.2, 0.25) is 0 Å². The number of rotatable bonds is 5. The smallest absolute Gasteiger partial charge is 0.409 e. The molecule has 1 fully saturated rings. The monoisotopic (exact) mass is 521 g/mol. The fraction of sp³-hybridized carbons (Fsp3) is 0.292. The van der Waals surface area contributed by atoms with Crippen LogP contribution in [0.5, 0.6) is 0 Å². The van der Waals surface area contributed by atoms with Crippen LogP contribution in [0.4, 0.5) is 27.9 Å². The number of benzene rings is 1. The minimum Gasteiger partial charge on any atom is -0.453 e. The number of pyridine rings is 1. The maximum absolute atomic E-state index is 12.1. The summed E-state index contributed by atoms with van der Waals surface area (Å²) in [5, 5.41) is 8.40. The lowest BCUT2D eigenvalue weighted by Gasteiger charge is -2.35. The molecule has 4 heterocycles. The van der Waals surface area contributed by atoms with Crippen molar-refractivity contribution in [1.29, 1.82) is 0 Å². The van der Waals surface area contributed by atoms with Gasteiger partial charge in [-0.2, -0.15) is 19.1 Å². The Hall–Kier alpha value is -4.26. The number of fused-ring (bicyclic) bond motifs is 1. The van der Waals surface area contributed by atoms with Crippen LogP contribution in [0.1, 0.15) is 0 Å². The maximum Gasteiger partial charge on any atom is 0.409 e. The van der Waals surface area contributed by atoms with Gasteiger partial charge < -0.3 is 19.9 Å². The van der Waals surface area contributed by atoms with Gasteiger partial charge in [-0.1, -0.05) is 6.07 Å². The zero-order valence-corrected chi connectivity index (χ0v) is 21.6. The fourth-order valence-corrected chi connectivity index (χ4v) is 4.56. The average molecular weight is 522 g/mol. The van der Waals surface area contributed by atoms with Gasteiger partial charge in [0.25, 0.3) is 0 Å². The first kappa shape index (κ1) is 24.4. The van der Waals surface area contributed by atoms with Gasteiger partial charge in [-0.15, -0.1) is 0 Å². The Morgan fingerprint density at radius 2 is 1.78 bits per heavy atom. The molecule has 37 heavy (non-hydrogen) atoms. The van der Waals surface area contributed by atoms with E-state index in [0.717, 1.165) is 29.9 Å². The van der Waals surface area contributed by atoms with E-state index in [-0.39, 0.29) is 6.09 Å². The molecule has 0 atom stereocenters. The lowest BCUT2D eigenvalue weighted by atomic mass is 10.2. The second-order valence-electron chi connectivity index (χ2n) is 8.77. The third-order valence-electron chi connectivity index (χ3n) is 5.76. The number of amides is 1. The van der Waals surface area contributed by atoms with Crippen molar-refractivity contribution in [2.45, 2.75) is 0 Å². The predicted molar refractivity (Wildman–Crippen MR) is 142 cm³/mol. The number of hydrogen-bond donors (Lipinski definition) is 1. The van der Waals surface area contributed by atoms with Crippen molar-refractivity contribution in [1.82, 2.24) is 29.6 Å². The van der Waals surface area contributed by atoms with E-state index >= 15 is 0 Å². The summed E-state index contributed by atoms with van der Waals surface area (Å²) in [5.74, 6) is 1.30. The van der Waals surface area contributed by atoms with Crippen LogP contribution < -0.4 is 10.2 Å². The van der Waals surface area contributed by atoms with Gasteiger partial charge in [0.15, 0.2) is 17.3 Å². The van der Waals surface area contributed by atoms with Crippen molar-refractivity contribution < 1.29 is 13.7 Å². The van der Waals surface area contributed by atoms with E-state index in [0.29, 0.717) is 36.3 Å². The first-order valence-corrected chi connectivity index (χ1v) is 13.9. The summed E-state index contributed by atoms with van der Waals surface area (Å²) in [6.07, 6.45) is 6.20. The molecule has 13 heteroatoms. The number of hydrogen-bond acceptors (Lipinski definition) is 10. The second-order valence-corrected chi connectivity index (χ2v) is 11.3. The van der Waals surface area contributed by atoms with Crippen LogP contribution in [0, 0.1) is 0 Å². The second kappa shape index (κ2) is 10.0. The van der Waals surface area contributed by atoms with Gasteiger partial charge in [0, 0.05) is 66.0 Å². The summed E-state index contributed by atoms with van der Waals surface area (Å²) in [6, 6.07) is 13.3. The molecule has 1 aliphatic rings. The third kappa shape index (κ3) is 5.61. The number of aromatic nitrogens is 5. The van der Waals surface area contributed by atoms with Crippen LogP contribution in [-0.4, -0.2) is 85.7 Å². The molecule has 1 amide bonds. The highest BCUT2D eigenvalue weighted by molar-refractivity contribution is 7.92. The van der Waals surface area contributed by atoms with E-state index in [1.54, 1.807) is 52.7 Å². The van der Waals surface area contributed by atoms with Gasteiger partial charge in [-0.3, -0.25) is 0 Å². The van der Waals surface area contributed by atoms with Crippen molar-refractivity contribution in [3.05, 3.63) is 54.9 Å².